The summed E-state index contributed by atoms with van der Waals surface area (Å²) < 4.78 is 0. The summed E-state index contributed by atoms with van der Waals surface area (Å²) >= 11 is 0. The Morgan fingerprint density at radius 2 is 2.11 bits per heavy atom. The van der Waals surface area contributed by atoms with Gasteiger partial charge in [0.05, 0.1) is 0 Å². The zero-order chi connectivity index (χ0) is 13.2. The van der Waals surface area contributed by atoms with E-state index in [1.165, 1.54) is 37.9 Å². The molecule has 1 aliphatic carbocycles. The van der Waals surface area contributed by atoms with Crippen molar-refractivity contribution in [2.45, 2.75) is 45.2 Å². The predicted molar refractivity (Wildman–Crippen MR) is 80.3 cm³/mol. The number of likely N-dealkylation sites (N-methyl/N-ethyl adjacent to an activating group) is 1. The quantitative estimate of drug-likeness (QED) is 0.893. The molecule has 1 heterocycles. The van der Waals surface area contributed by atoms with Gasteiger partial charge in [-0.2, -0.15) is 0 Å². The summed E-state index contributed by atoms with van der Waals surface area (Å²) in [4.78, 5) is 2.74. The molecule has 1 aliphatic heterocycles. The molecule has 3 rings (SSSR count). The monoisotopic (exact) mass is 258 g/mol. The number of nitrogens with zero attached hydrogens (tertiary/aromatic N) is 1. The average molecular weight is 258 g/mol. The number of hydrogen-bond acceptors (Lipinski definition) is 2. The molecule has 0 radical (unpaired) electrons. The zero-order valence-electron chi connectivity index (χ0n) is 12.2. The Morgan fingerprint density at radius 1 is 1.26 bits per heavy atom. The lowest BCUT2D eigenvalue weighted by Gasteiger charge is -2.30. The summed E-state index contributed by atoms with van der Waals surface area (Å²) in [7, 11) is 0. The second-order valence-corrected chi connectivity index (χ2v) is 6.06. The molecule has 0 aromatic heterocycles. The minimum absolute atomic E-state index is 0.539. The van der Waals surface area contributed by atoms with Gasteiger partial charge < -0.3 is 5.32 Å². The molecule has 1 aromatic rings. The van der Waals surface area contributed by atoms with Crippen LogP contribution in [0.5, 0.6) is 0 Å². The van der Waals surface area contributed by atoms with Crippen LogP contribution in [0.2, 0.25) is 0 Å². The first-order chi connectivity index (χ1) is 9.33. The molecule has 0 bridgehead atoms. The van der Waals surface area contributed by atoms with Crippen molar-refractivity contribution in [2.75, 3.05) is 19.6 Å². The Labute approximate surface area is 117 Å². The van der Waals surface area contributed by atoms with E-state index < -0.39 is 0 Å². The van der Waals surface area contributed by atoms with Gasteiger partial charge in [-0.1, -0.05) is 44.5 Å². The van der Waals surface area contributed by atoms with Crippen LogP contribution in [-0.4, -0.2) is 30.6 Å². The maximum atomic E-state index is 3.72. The highest BCUT2D eigenvalue weighted by molar-refractivity contribution is 5.37. The maximum Gasteiger partial charge on any atom is 0.0484 e. The van der Waals surface area contributed by atoms with E-state index >= 15 is 0 Å². The number of nitrogens with one attached hydrogen (secondary N) is 1. The van der Waals surface area contributed by atoms with E-state index in [1.807, 2.05) is 0 Å². The van der Waals surface area contributed by atoms with E-state index in [2.05, 4.69) is 48.3 Å². The first kappa shape index (κ1) is 13.1. The lowest BCUT2D eigenvalue weighted by molar-refractivity contribution is 0.197. The van der Waals surface area contributed by atoms with Crippen LogP contribution in [0.25, 0.3) is 0 Å². The fraction of sp³-hybridized carbons (Fsp3) is 0.647. The Bertz CT molecular complexity index is 429. The molecule has 0 spiro atoms. The summed E-state index contributed by atoms with van der Waals surface area (Å²) in [6.07, 6.45) is 3.95. The van der Waals surface area contributed by atoms with E-state index in [0.29, 0.717) is 12.1 Å². The Hall–Kier alpha value is -0.860. The first-order valence-corrected chi connectivity index (χ1v) is 7.88. The van der Waals surface area contributed by atoms with Crippen molar-refractivity contribution in [2.24, 2.45) is 5.92 Å². The molecule has 0 amide bonds. The van der Waals surface area contributed by atoms with Crippen LogP contribution in [0.1, 0.15) is 43.9 Å². The Kier molecular flexibility index (Phi) is 3.90. The van der Waals surface area contributed by atoms with Gasteiger partial charge in [0.25, 0.3) is 0 Å². The maximum absolute atomic E-state index is 3.72. The molecule has 1 N–H and O–H groups in total. The van der Waals surface area contributed by atoms with E-state index in [0.717, 1.165) is 12.5 Å². The minimum atomic E-state index is 0.539. The molecule has 0 saturated carbocycles. The molecule has 2 aliphatic rings. The lowest BCUT2D eigenvalue weighted by Crippen LogP contribution is -2.41. The third kappa shape index (κ3) is 2.44. The summed E-state index contributed by atoms with van der Waals surface area (Å²) in [6.45, 7) is 8.20. The molecule has 2 nitrogen and oxygen atoms in total. The van der Waals surface area contributed by atoms with Gasteiger partial charge in [-0.25, -0.2) is 0 Å². The zero-order valence-corrected chi connectivity index (χ0v) is 12.2. The molecule has 1 saturated heterocycles. The number of fused-ring (bicyclic) bond motifs is 1. The molecule has 3 unspecified atom stereocenters. The van der Waals surface area contributed by atoms with Gasteiger partial charge in [-0.15, -0.1) is 0 Å². The van der Waals surface area contributed by atoms with E-state index in [-0.39, 0.29) is 0 Å². The molecule has 2 heteroatoms. The van der Waals surface area contributed by atoms with Crippen molar-refractivity contribution in [1.29, 1.82) is 0 Å². The standard InChI is InChI=1S/C17H26N2/c1-3-13-9-10-19(12-13)16-11-14-7-5-6-8-15(14)17(16)18-4-2/h5-8,13,16-18H,3-4,9-12H2,1-2H3. The summed E-state index contributed by atoms with van der Waals surface area (Å²) in [5.41, 5.74) is 3.09. The number of rotatable bonds is 4. The van der Waals surface area contributed by atoms with Crippen molar-refractivity contribution in [1.82, 2.24) is 10.2 Å². The molecule has 1 aromatic carbocycles. The van der Waals surface area contributed by atoms with Gasteiger partial charge >= 0.3 is 0 Å². The Balaban J connectivity index is 1.79. The highest BCUT2D eigenvalue weighted by Gasteiger charge is 2.38. The van der Waals surface area contributed by atoms with Crippen LogP contribution in [0.3, 0.4) is 0 Å². The molecule has 1 fully saturated rings. The average Bonchev–Trinajstić information content (AvgIpc) is 3.04. The van der Waals surface area contributed by atoms with Crippen LogP contribution in [0.15, 0.2) is 24.3 Å². The second kappa shape index (κ2) is 5.64. The number of likely N-dealkylation sites (tertiary alicyclic amines) is 1. The van der Waals surface area contributed by atoms with E-state index in [4.69, 9.17) is 0 Å². The summed E-state index contributed by atoms with van der Waals surface area (Å²) in [5.74, 6) is 0.922. The highest BCUT2D eigenvalue weighted by Crippen LogP contribution is 2.36. The smallest absolute Gasteiger partial charge is 0.0484 e. The number of benzene rings is 1. The fourth-order valence-electron chi connectivity index (χ4n) is 3.88. The van der Waals surface area contributed by atoms with Crippen LogP contribution < -0.4 is 5.32 Å². The lowest BCUT2D eigenvalue weighted by atomic mass is 10.1. The largest absolute Gasteiger partial charge is 0.309 e. The number of hydrogen-bond donors (Lipinski definition) is 1. The fourth-order valence-corrected chi connectivity index (χ4v) is 3.88. The van der Waals surface area contributed by atoms with E-state index in [1.54, 1.807) is 5.56 Å². The van der Waals surface area contributed by atoms with Gasteiger partial charge in [0.1, 0.15) is 0 Å². The molecular formula is C17H26N2. The van der Waals surface area contributed by atoms with Crippen LogP contribution in [-0.2, 0) is 6.42 Å². The van der Waals surface area contributed by atoms with Crippen molar-refractivity contribution < 1.29 is 0 Å². The second-order valence-electron chi connectivity index (χ2n) is 6.06. The van der Waals surface area contributed by atoms with E-state index in [9.17, 15) is 0 Å². The molecule has 3 atom stereocenters. The third-order valence-corrected chi connectivity index (χ3v) is 4.99. The SMILES string of the molecule is CCNC1c2ccccc2CC1N1CCC(CC)C1. The minimum Gasteiger partial charge on any atom is -0.309 e. The van der Waals surface area contributed by atoms with Crippen molar-refractivity contribution in [3.63, 3.8) is 0 Å². The van der Waals surface area contributed by atoms with Gasteiger partial charge in [-0.3, -0.25) is 4.90 Å². The van der Waals surface area contributed by atoms with Crippen molar-refractivity contribution >= 4 is 0 Å². The molecule has 104 valence electrons. The van der Waals surface area contributed by atoms with Crippen molar-refractivity contribution in [3.8, 4) is 0 Å². The van der Waals surface area contributed by atoms with Crippen molar-refractivity contribution in [3.05, 3.63) is 35.4 Å². The van der Waals surface area contributed by atoms with Gasteiger partial charge in [0.2, 0.25) is 0 Å². The van der Waals surface area contributed by atoms with Crippen LogP contribution in [0, 0.1) is 5.92 Å². The Morgan fingerprint density at radius 3 is 2.84 bits per heavy atom. The summed E-state index contributed by atoms with van der Waals surface area (Å²) in [6, 6.07) is 10.2. The predicted octanol–water partition coefficient (Wildman–Crippen LogP) is 2.99. The van der Waals surface area contributed by atoms with Crippen LogP contribution >= 0.6 is 0 Å². The van der Waals surface area contributed by atoms with Gasteiger partial charge in [-0.05, 0) is 43.0 Å². The first-order valence-electron chi connectivity index (χ1n) is 7.88. The highest BCUT2D eigenvalue weighted by atomic mass is 15.2. The molecule has 19 heavy (non-hydrogen) atoms. The third-order valence-electron chi connectivity index (χ3n) is 4.99. The van der Waals surface area contributed by atoms with Gasteiger partial charge in [0, 0.05) is 18.6 Å². The summed E-state index contributed by atoms with van der Waals surface area (Å²) in [5, 5.41) is 3.72. The topological polar surface area (TPSA) is 15.3 Å². The molecular weight excluding hydrogens is 232 g/mol. The van der Waals surface area contributed by atoms with Gasteiger partial charge in [0.15, 0.2) is 0 Å². The normalized spacial score (nSPS) is 30.7. The van der Waals surface area contributed by atoms with Crippen LogP contribution in [0.4, 0.5) is 0 Å².